The van der Waals surface area contributed by atoms with Crippen molar-refractivity contribution in [1.82, 2.24) is 50.5 Å². The Morgan fingerprint density at radius 3 is 1.47 bits per heavy atom. The zero-order valence-corrected chi connectivity index (χ0v) is 30.3. The number of rotatable bonds is 8. The number of hydrogen-bond acceptors (Lipinski definition) is 12. The number of aryl methyl sites for hydroxylation is 3. The second-order valence-electron chi connectivity index (χ2n) is 11.8. The van der Waals surface area contributed by atoms with Crippen LogP contribution in [0.25, 0.3) is 22.8 Å². The van der Waals surface area contributed by atoms with Gasteiger partial charge in [-0.15, -0.1) is 0 Å². The van der Waals surface area contributed by atoms with Gasteiger partial charge in [0.25, 0.3) is 11.8 Å². The van der Waals surface area contributed by atoms with Gasteiger partial charge in [-0.2, -0.15) is 46.5 Å². The fraction of sp³-hybridized carbons (Fsp3) is 0.314. The van der Waals surface area contributed by atoms with Crippen LogP contribution in [0.3, 0.4) is 0 Å². The van der Waals surface area contributed by atoms with Crippen LogP contribution in [-0.2, 0) is 26.4 Å². The monoisotopic (exact) mass is 816 g/mol. The van der Waals surface area contributed by atoms with E-state index in [1.807, 2.05) is 31.2 Å². The first-order valence-corrected chi connectivity index (χ1v) is 15.7. The van der Waals surface area contributed by atoms with Gasteiger partial charge in [0, 0.05) is 37.4 Å². The second-order valence-corrected chi connectivity index (χ2v) is 11.8. The third-order valence-electron chi connectivity index (χ3n) is 7.51. The number of carbonyl (C=O) groups is 2. The third kappa shape index (κ3) is 12.0. The van der Waals surface area contributed by atoms with E-state index in [9.17, 15) is 41.0 Å². The van der Waals surface area contributed by atoms with Crippen LogP contribution in [-0.4, -0.2) is 62.2 Å². The van der Waals surface area contributed by atoms with Gasteiger partial charge >= 0.3 is 31.2 Å². The number of hydrogen-bond donors (Lipinski definition) is 3. The molecule has 58 heavy (non-hydrogen) atoms. The number of aromatic hydroxyl groups is 1. The molecular weight excluding hydrogens is 777 g/mol. The molecule has 0 fully saturated rings. The Morgan fingerprint density at radius 1 is 0.707 bits per heavy atom. The first-order valence-electron chi connectivity index (χ1n) is 15.7. The number of amides is 2. The molecule has 0 spiro atoms. The Morgan fingerprint density at radius 2 is 1.10 bits per heavy atom. The standard InChI is InChI=1S/C17H16F3N5O2.C16H14F3N5O3.2CH4.Li.H2O/c1-9-5-4-6-11(7-9)14-22-16(27-24-14)10(2)21-15(26)12-8-13(17(18,19)20)23-25(12)3;1-8(15-21-13(23-27-15)9-4-3-5-10(25)6-9)20-14(26)11-7-12(16(17,18)19)22-24(11)2;;;;/h4-8,10H,1-3H3,(H,21,26);3-8,25H,1-2H3,(H,20,26);2*1H4;;1H2/q;;;;+1;/p-1. The van der Waals surface area contributed by atoms with Crippen molar-refractivity contribution >= 4 is 11.8 Å². The van der Waals surface area contributed by atoms with Gasteiger partial charge in [-0.25, -0.2) is 0 Å². The molecule has 16 nitrogen and oxygen atoms in total. The molecule has 0 saturated heterocycles. The molecular formula is C35H39F6LiN10O6. The van der Waals surface area contributed by atoms with Gasteiger partial charge < -0.3 is 30.3 Å². The van der Waals surface area contributed by atoms with Crippen LogP contribution in [0.5, 0.6) is 5.75 Å². The van der Waals surface area contributed by atoms with E-state index >= 15 is 0 Å². The predicted octanol–water partition coefficient (Wildman–Crippen LogP) is 4.07. The maximum atomic E-state index is 12.7. The number of nitrogens with zero attached hydrogens (tertiary/aromatic N) is 8. The van der Waals surface area contributed by atoms with E-state index in [4.69, 9.17) is 9.05 Å². The maximum Gasteiger partial charge on any atom is 1.00 e. The average molecular weight is 817 g/mol. The van der Waals surface area contributed by atoms with Crippen molar-refractivity contribution in [1.29, 1.82) is 0 Å². The molecule has 0 bridgehead atoms. The Balaban J connectivity index is 0.000000543. The van der Waals surface area contributed by atoms with Crippen LogP contribution in [0, 0.1) is 6.92 Å². The summed E-state index contributed by atoms with van der Waals surface area (Å²) in [5.74, 6) is -0.736. The summed E-state index contributed by atoms with van der Waals surface area (Å²) in [7, 11) is 2.50. The first kappa shape index (κ1) is 50.0. The fourth-order valence-electron chi connectivity index (χ4n) is 4.79. The summed E-state index contributed by atoms with van der Waals surface area (Å²) < 4.78 is 88.3. The first-order chi connectivity index (χ1) is 25.3. The molecule has 4 heterocycles. The van der Waals surface area contributed by atoms with E-state index in [0.717, 1.165) is 20.5 Å². The molecule has 308 valence electrons. The molecule has 23 heteroatoms. The number of phenols is 1. The number of carbonyl (C=O) groups excluding carboxylic acids is 2. The van der Waals surface area contributed by atoms with Crippen molar-refractivity contribution in [3.05, 3.63) is 101 Å². The Hall–Kier alpha value is -5.98. The summed E-state index contributed by atoms with van der Waals surface area (Å²) in [6.07, 6.45) is -9.28. The average Bonchev–Trinajstić information content (AvgIpc) is 3.91. The van der Waals surface area contributed by atoms with Crippen LogP contribution >= 0.6 is 0 Å². The van der Waals surface area contributed by atoms with Crippen molar-refractivity contribution < 1.29 is 74.4 Å². The van der Waals surface area contributed by atoms with E-state index in [-0.39, 0.29) is 73.9 Å². The Kier molecular flexibility index (Phi) is 17.2. The largest absolute Gasteiger partial charge is 1.00 e. The topological polar surface area (TPSA) is 222 Å². The summed E-state index contributed by atoms with van der Waals surface area (Å²) in [6, 6.07) is 13.5. The van der Waals surface area contributed by atoms with Crippen LogP contribution in [0.4, 0.5) is 26.3 Å². The predicted molar refractivity (Wildman–Crippen MR) is 189 cm³/mol. The smallest absolute Gasteiger partial charge is 0.870 e. The molecule has 0 aliphatic rings. The van der Waals surface area contributed by atoms with Crippen molar-refractivity contribution in [2.45, 2.75) is 60.1 Å². The van der Waals surface area contributed by atoms with Crippen molar-refractivity contribution in [3.8, 4) is 28.5 Å². The van der Waals surface area contributed by atoms with E-state index in [1.54, 1.807) is 26.0 Å². The molecule has 2 atom stereocenters. The molecule has 0 radical (unpaired) electrons. The quantitative estimate of drug-likeness (QED) is 0.146. The Bertz CT molecular complexity index is 2130. The van der Waals surface area contributed by atoms with Crippen LogP contribution in [0.2, 0.25) is 0 Å². The van der Waals surface area contributed by atoms with Gasteiger partial charge in [-0.1, -0.05) is 61.1 Å². The number of alkyl halides is 6. The molecule has 0 aliphatic carbocycles. The number of benzene rings is 2. The molecule has 2 aromatic carbocycles. The molecule has 6 rings (SSSR count). The van der Waals surface area contributed by atoms with E-state index in [0.29, 0.717) is 23.5 Å². The van der Waals surface area contributed by atoms with E-state index in [2.05, 4.69) is 41.1 Å². The fourth-order valence-corrected chi connectivity index (χ4v) is 4.79. The summed E-state index contributed by atoms with van der Waals surface area (Å²) >= 11 is 0. The SMILES string of the molecule is C.C.CC(NC(=O)c1cc(C(F)(F)F)nn1C)c1nc(-c2cccc(O)c2)no1.Cc1cccc(-c2noc(C(C)NC(=O)c3cc(C(F)(F)F)nn3C)n2)c1.[Li+].[OH-]. The van der Waals surface area contributed by atoms with E-state index in [1.165, 1.54) is 26.2 Å². The van der Waals surface area contributed by atoms with Crippen LogP contribution in [0.15, 0.2) is 69.7 Å². The van der Waals surface area contributed by atoms with Crippen molar-refractivity contribution in [3.63, 3.8) is 0 Å². The number of phenolic OH excluding ortho intramolecular Hbond substituents is 1. The second kappa shape index (κ2) is 19.9. The van der Waals surface area contributed by atoms with Crippen LogP contribution < -0.4 is 29.5 Å². The van der Waals surface area contributed by atoms with Gasteiger partial charge in [0.15, 0.2) is 11.4 Å². The third-order valence-corrected chi connectivity index (χ3v) is 7.51. The van der Waals surface area contributed by atoms with Crippen LogP contribution in [0.1, 0.15) is 90.5 Å². The molecule has 2 amide bonds. The summed E-state index contributed by atoms with van der Waals surface area (Å²) in [6.45, 7) is 5.06. The van der Waals surface area contributed by atoms with Gasteiger partial charge in [0.1, 0.15) is 29.2 Å². The minimum absolute atomic E-state index is 0. The molecule has 2 unspecified atom stereocenters. The molecule has 0 saturated carbocycles. The molecule has 4 aromatic heterocycles. The number of aromatic nitrogens is 8. The summed E-state index contributed by atoms with van der Waals surface area (Å²) in [5.41, 5.74) is -0.504. The Labute approximate surface area is 339 Å². The molecule has 4 N–H and O–H groups in total. The number of nitrogens with one attached hydrogen (secondary N) is 2. The minimum atomic E-state index is -4.65. The number of halogens is 6. The van der Waals surface area contributed by atoms with Gasteiger partial charge in [0.05, 0.1) is 0 Å². The van der Waals surface area contributed by atoms with Crippen molar-refractivity contribution in [2.24, 2.45) is 14.1 Å². The maximum absolute atomic E-state index is 12.7. The van der Waals surface area contributed by atoms with Gasteiger partial charge in [0.2, 0.25) is 23.4 Å². The zero-order valence-electron chi connectivity index (χ0n) is 30.3. The van der Waals surface area contributed by atoms with E-state index < -0.39 is 47.6 Å². The summed E-state index contributed by atoms with van der Waals surface area (Å²) in [5, 5.41) is 28.8. The zero-order chi connectivity index (χ0) is 39.5. The van der Waals surface area contributed by atoms with Crippen molar-refractivity contribution in [2.75, 3.05) is 0 Å². The van der Waals surface area contributed by atoms with Gasteiger partial charge in [-0.3, -0.25) is 19.0 Å². The summed E-state index contributed by atoms with van der Waals surface area (Å²) in [4.78, 5) is 32.9. The molecule has 0 aliphatic heterocycles. The normalized spacial score (nSPS) is 11.9. The van der Waals surface area contributed by atoms with Gasteiger partial charge in [-0.05, 0) is 39.0 Å². The minimum Gasteiger partial charge on any atom is -0.870 e. The molecule has 6 aromatic rings.